The summed E-state index contributed by atoms with van der Waals surface area (Å²) in [6.45, 7) is 10.9. The molecule has 0 N–H and O–H groups in total. The third-order valence-electron chi connectivity index (χ3n) is 7.63. The quantitative estimate of drug-likeness (QED) is 0.0645. The van der Waals surface area contributed by atoms with Crippen LogP contribution in [-0.2, 0) is 22.9 Å². The molecule has 3 aromatic rings. The molecular weight excluding hydrogens is 647 g/mol. The molecule has 4 nitrogen and oxygen atoms in total. The second kappa shape index (κ2) is 27.1. The molecule has 3 aromatic carbocycles. The molecule has 3 rings (SSSR count). The molecule has 0 fully saturated rings. The monoisotopic (exact) mass is 702 g/mol. The van der Waals surface area contributed by atoms with E-state index in [0.717, 1.165) is 110 Å². The van der Waals surface area contributed by atoms with Gasteiger partial charge >= 0.3 is 16.5 Å². The Morgan fingerprint density at radius 3 is 1.55 bits per heavy atom. The molecular formula is C44H56N2NiO2. The van der Waals surface area contributed by atoms with Crippen LogP contribution >= 0.6 is 0 Å². The van der Waals surface area contributed by atoms with E-state index in [1.807, 2.05) is 0 Å². The van der Waals surface area contributed by atoms with Crippen LogP contribution in [0, 0.1) is 23.7 Å². The summed E-state index contributed by atoms with van der Waals surface area (Å²) >= 11 is 0. The molecule has 0 radical (unpaired) electrons. The van der Waals surface area contributed by atoms with Gasteiger partial charge in [0.1, 0.15) is 0 Å². The molecule has 5 heteroatoms. The van der Waals surface area contributed by atoms with Gasteiger partial charge in [-0.1, -0.05) is 121 Å². The summed E-state index contributed by atoms with van der Waals surface area (Å²) < 4.78 is 0. The average Bonchev–Trinajstić information content (AvgIpc) is 3.09. The van der Waals surface area contributed by atoms with Crippen molar-refractivity contribution in [3.05, 3.63) is 83.4 Å². The Morgan fingerprint density at radius 1 is 0.551 bits per heavy atom. The summed E-state index contributed by atoms with van der Waals surface area (Å²) in [5, 5.41) is 21.7. The van der Waals surface area contributed by atoms with Crippen molar-refractivity contribution in [2.75, 3.05) is 0 Å². The number of benzene rings is 3. The summed E-state index contributed by atoms with van der Waals surface area (Å²) in [5.41, 5.74) is 7.16. The van der Waals surface area contributed by atoms with Crippen LogP contribution in [-0.4, -0.2) is 11.4 Å². The van der Waals surface area contributed by atoms with Crippen molar-refractivity contribution in [3.8, 4) is 35.2 Å². The standard InChI is InChI=1S/C33H42N2.C11H16O2.Ni/c1-5-9-13-18-28-20-16-22-30(26-28)34-32(24-12-8-4)33(25-15-11-7-3)35-31-23-17-21-29(27-31)19-14-10-6-2;1-2-3-4-5-9-6-7-10(12)11(13)8-9;/h16-17,20-23,26-27H,5-12,15,24-25H2,1-4H3;6-8,12-13H,2-5H2,1H3;/q;;+2/p-2. The summed E-state index contributed by atoms with van der Waals surface area (Å²) in [6.07, 6.45) is 16.0. The van der Waals surface area contributed by atoms with Crippen molar-refractivity contribution in [1.29, 1.82) is 0 Å². The maximum Gasteiger partial charge on any atom is 2.00 e. The third-order valence-corrected chi connectivity index (χ3v) is 7.63. The van der Waals surface area contributed by atoms with Gasteiger partial charge in [0.25, 0.3) is 0 Å². The number of hydrogen-bond donors (Lipinski definition) is 0. The van der Waals surface area contributed by atoms with Crippen molar-refractivity contribution in [2.45, 2.75) is 131 Å². The molecule has 0 aromatic heterocycles. The van der Waals surface area contributed by atoms with Crippen molar-refractivity contribution in [1.82, 2.24) is 0 Å². The van der Waals surface area contributed by atoms with Crippen LogP contribution in [0.3, 0.4) is 0 Å². The van der Waals surface area contributed by atoms with Gasteiger partial charge in [-0.15, -0.1) is 11.5 Å². The van der Waals surface area contributed by atoms with Gasteiger partial charge in [-0.25, -0.2) is 0 Å². The molecule has 0 saturated carbocycles. The maximum atomic E-state index is 11.0. The summed E-state index contributed by atoms with van der Waals surface area (Å²) in [5.74, 6) is 12.3. The van der Waals surface area contributed by atoms with E-state index in [1.54, 1.807) is 6.07 Å². The van der Waals surface area contributed by atoms with Crippen LogP contribution < -0.4 is 10.2 Å². The molecule has 0 aliphatic carbocycles. The van der Waals surface area contributed by atoms with Crippen molar-refractivity contribution >= 4 is 22.8 Å². The summed E-state index contributed by atoms with van der Waals surface area (Å²) in [7, 11) is 0. The fourth-order valence-corrected chi connectivity index (χ4v) is 4.90. The Hall–Kier alpha value is -3.79. The predicted octanol–water partition coefficient (Wildman–Crippen LogP) is 11.2. The first-order valence-corrected chi connectivity index (χ1v) is 18.2. The van der Waals surface area contributed by atoms with Gasteiger partial charge in [-0.3, -0.25) is 9.98 Å². The fraction of sp³-hybridized carbons (Fsp3) is 0.455. The second-order valence-corrected chi connectivity index (χ2v) is 12.1. The summed E-state index contributed by atoms with van der Waals surface area (Å²) in [4.78, 5) is 10.3. The van der Waals surface area contributed by atoms with Gasteiger partial charge in [-0.2, -0.15) is 0 Å². The smallest absolute Gasteiger partial charge is 0.873 e. The first-order valence-electron chi connectivity index (χ1n) is 18.2. The van der Waals surface area contributed by atoms with E-state index >= 15 is 0 Å². The van der Waals surface area contributed by atoms with E-state index in [0.29, 0.717) is 0 Å². The van der Waals surface area contributed by atoms with Crippen LogP contribution in [0.5, 0.6) is 11.5 Å². The molecule has 49 heavy (non-hydrogen) atoms. The number of unbranched alkanes of at least 4 members (excludes halogenated alkanes) is 7. The first kappa shape index (κ1) is 43.2. The maximum absolute atomic E-state index is 11.0. The number of aryl methyl sites for hydroxylation is 1. The fourth-order valence-electron chi connectivity index (χ4n) is 4.90. The van der Waals surface area contributed by atoms with E-state index in [4.69, 9.17) is 9.98 Å². The van der Waals surface area contributed by atoms with Gasteiger partial charge < -0.3 is 10.2 Å². The zero-order valence-corrected chi connectivity index (χ0v) is 31.5. The third kappa shape index (κ3) is 18.5. The van der Waals surface area contributed by atoms with Crippen molar-refractivity contribution < 1.29 is 26.7 Å². The first-order chi connectivity index (χ1) is 23.4. The number of hydrogen-bond acceptors (Lipinski definition) is 4. The van der Waals surface area contributed by atoms with Crippen LogP contribution in [0.2, 0.25) is 0 Å². The Balaban J connectivity index is 0.000000718. The van der Waals surface area contributed by atoms with Gasteiger partial charge in [0.15, 0.2) is 0 Å². The van der Waals surface area contributed by atoms with Crippen LogP contribution in [0.1, 0.15) is 141 Å². The molecule has 0 aliphatic heterocycles. The Kier molecular flexibility index (Phi) is 23.9. The van der Waals surface area contributed by atoms with E-state index in [9.17, 15) is 10.2 Å². The number of nitrogens with zero attached hydrogens (tertiary/aromatic N) is 2. The predicted molar refractivity (Wildman–Crippen MR) is 203 cm³/mol. The van der Waals surface area contributed by atoms with E-state index in [2.05, 4.69) is 107 Å². The summed E-state index contributed by atoms with van der Waals surface area (Å²) in [6, 6.07) is 21.2. The van der Waals surface area contributed by atoms with E-state index in [1.165, 1.54) is 37.8 Å². The molecule has 0 bridgehead atoms. The number of rotatable bonds is 16. The average molecular weight is 704 g/mol. The Bertz CT molecular complexity index is 1550. The molecule has 0 saturated heterocycles. The van der Waals surface area contributed by atoms with Crippen molar-refractivity contribution in [3.63, 3.8) is 0 Å². The Labute approximate surface area is 307 Å². The largest absolute Gasteiger partial charge is 2.00 e. The van der Waals surface area contributed by atoms with E-state index in [-0.39, 0.29) is 22.2 Å². The molecule has 0 atom stereocenters. The molecule has 0 amide bonds. The second-order valence-electron chi connectivity index (χ2n) is 12.1. The topological polar surface area (TPSA) is 70.8 Å². The molecule has 0 aliphatic rings. The normalized spacial score (nSPS) is 10.9. The minimum atomic E-state index is -0.403. The van der Waals surface area contributed by atoms with Gasteiger partial charge in [0.05, 0.1) is 22.8 Å². The minimum absolute atomic E-state index is 0. The molecule has 0 unspecified atom stereocenters. The molecule has 264 valence electrons. The van der Waals surface area contributed by atoms with Crippen LogP contribution in [0.4, 0.5) is 11.4 Å². The van der Waals surface area contributed by atoms with Gasteiger partial charge in [-0.05, 0) is 93.3 Å². The zero-order valence-electron chi connectivity index (χ0n) is 30.5. The molecule has 0 heterocycles. The van der Waals surface area contributed by atoms with Crippen LogP contribution in [0.15, 0.2) is 76.7 Å². The minimum Gasteiger partial charge on any atom is -0.873 e. The number of aliphatic imine (C=N–C) groups is 2. The molecule has 0 spiro atoms. The van der Waals surface area contributed by atoms with E-state index < -0.39 is 5.75 Å². The van der Waals surface area contributed by atoms with Gasteiger partial charge in [0, 0.05) is 24.0 Å². The van der Waals surface area contributed by atoms with Crippen LogP contribution in [0.25, 0.3) is 0 Å². The van der Waals surface area contributed by atoms with Crippen molar-refractivity contribution in [2.24, 2.45) is 9.98 Å². The zero-order chi connectivity index (χ0) is 34.8. The van der Waals surface area contributed by atoms with Gasteiger partial charge in [0.2, 0.25) is 0 Å². The SMILES string of the molecule is CCCC#Cc1cccc(N=C(CCCC)C(CCCCC)=Nc2cccc(C#CCCC)c2)c1.CCCCCc1ccc([O-])c([O-])c1.[Ni+2]. The Morgan fingerprint density at radius 2 is 1.06 bits per heavy atom.